The van der Waals surface area contributed by atoms with Crippen LogP contribution in [0.4, 0.5) is 11.4 Å². The quantitative estimate of drug-likeness (QED) is 0.738. The predicted octanol–water partition coefficient (Wildman–Crippen LogP) is 3.36. The minimum absolute atomic E-state index is 0.0888. The fourth-order valence-corrected chi connectivity index (χ4v) is 3.11. The van der Waals surface area contributed by atoms with Crippen molar-refractivity contribution in [2.24, 2.45) is 5.92 Å². The molecule has 0 aliphatic carbocycles. The standard InChI is InChI=1S/C20H21ClN2O4/c1-26-8-9-27-18-7-3-5-16(12-18)22-20(25)14-10-19(24)23(13-14)17-6-2-4-15(21)11-17/h2-7,11-12,14H,8-10,13H2,1H3,(H,22,25). The number of benzene rings is 2. The summed E-state index contributed by atoms with van der Waals surface area (Å²) in [5, 5.41) is 3.42. The van der Waals surface area contributed by atoms with E-state index in [1.54, 1.807) is 48.4 Å². The van der Waals surface area contributed by atoms with E-state index < -0.39 is 5.92 Å². The number of amides is 2. The van der Waals surface area contributed by atoms with Gasteiger partial charge < -0.3 is 19.7 Å². The van der Waals surface area contributed by atoms with Crippen LogP contribution in [0.2, 0.25) is 5.02 Å². The molecule has 0 aromatic heterocycles. The Hall–Kier alpha value is -2.57. The molecule has 6 nitrogen and oxygen atoms in total. The van der Waals surface area contributed by atoms with Gasteiger partial charge in [0.25, 0.3) is 0 Å². The molecule has 0 saturated carbocycles. The van der Waals surface area contributed by atoms with E-state index in [4.69, 9.17) is 21.1 Å². The summed E-state index contributed by atoms with van der Waals surface area (Å²) in [6.07, 6.45) is 0.169. The van der Waals surface area contributed by atoms with Crippen molar-refractivity contribution < 1.29 is 19.1 Å². The lowest BCUT2D eigenvalue weighted by atomic mass is 10.1. The van der Waals surface area contributed by atoms with Crippen molar-refractivity contribution in [3.8, 4) is 5.75 Å². The molecule has 1 N–H and O–H groups in total. The molecule has 2 aromatic rings. The molecule has 2 amide bonds. The van der Waals surface area contributed by atoms with Crippen molar-refractivity contribution in [1.29, 1.82) is 0 Å². The number of ether oxygens (including phenoxy) is 2. The molecule has 1 saturated heterocycles. The second-order valence-electron chi connectivity index (χ2n) is 6.24. The molecule has 3 rings (SSSR count). The Bertz CT molecular complexity index is 827. The van der Waals surface area contributed by atoms with Crippen LogP contribution in [-0.2, 0) is 14.3 Å². The summed E-state index contributed by atoms with van der Waals surface area (Å²) < 4.78 is 10.5. The Balaban J connectivity index is 1.62. The summed E-state index contributed by atoms with van der Waals surface area (Å²) in [6.45, 7) is 1.24. The molecule has 1 heterocycles. The smallest absolute Gasteiger partial charge is 0.229 e. The molecular formula is C20H21ClN2O4. The van der Waals surface area contributed by atoms with Gasteiger partial charge in [0, 0.05) is 42.5 Å². The summed E-state index contributed by atoms with van der Waals surface area (Å²) >= 11 is 6.00. The zero-order valence-electron chi connectivity index (χ0n) is 15.0. The fourth-order valence-electron chi connectivity index (χ4n) is 2.93. The minimum Gasteiger partial charge on any atom is -0.491 e. The third-order valence-electron chi connectivity index (χ3n) is 4.27. The van der Waals surface area contributed by atoms with Crippen molar-refractivity contribution in [2.75, 3.05) is 37.1 Å². The molecule has 142 valence electrons. The highest BCUT2D eigenvalue weighted by Crippen LogP contribution is 2.28. The van der Waals surface area contributed by atoms with Crippen LogP contribution in [0, 0.1) is 5.92 Å². The van der Waals surface area contributed by atoms with E-state index in [0.29, 0.717) is 41.9 Å². The van der Waals surface area contributed by atoms with Gasteiger partial charge in [0.15, 0.2) is 0 Å². The molecule has 1 unspecified atom stereocenters. The molecule has 2 aromatic carbocycles. The first kappa shape index (κ1) is 19.2. The van der Waals surface area contributed by atoms with Gasteiger partial charge in [-0.15, -0.1) is 0 Å². The third-order valence-corrected chi connectivity index (χ3v) is 4.51. The van der Waals surface area contributed by atoms with Gasteiger partial charge in [0.05, 0.1) is 12.5 Å². The second-order valence-corrected chi connectivity index (χ2v) is 6.68. The third kappa shape index (κ3) is 4.99. The maximum atomic E-state index is 12.6. The molecule has 7 heteroatoms. The zero-order chi connectivity index (χ0) is 19.2. The van der Waals surface area contributed by atoms with E-state index in [1.165, 1.54) is 0 Å². The average molecular weight is 389 g/mol. The monoisotopic (exact) mass is 388 g/mol. The summed E-state index contributed by atoms with van der Waals surface area (Å²) in [4.78, 5) is 26.5. The normalized spacial score (nSPS) is 16.4. The minimum atomic E-state index is -0.422. The van der Waals surface area contributed by atoms with Crippen molar-refractivity contribution in [2.45, 2.75) is 6.42 Å². The lowest BCUT2D eigenvalue weighted by Gasteiger charge is -2.17. The van der Waals surface area contributed by atoms with E-state index in [-0.39, 0.29) is 18.2 Å². The van der Waals surface area contributed by atoms with Crippen LogP contribution in [0.3, 0.4) is 0 Å². The van der Waals surface area contributed by atoms with Crippen molar-refractivity contribution in [3.05, 3.63) is 53.6 Å². The van der Waals surface area contributed by atoms with Crippen molar-refractivity contribution >= 4 is 34.8 Å². The molecule has 0 radical (unpaired) electrons. The van der Waals surface area contributed by atoms with Gasteiger partial charge in [-0.1, -0.05) is 23.7 Å². The van der Waals surface area contributed by atoms with Crippen LogP contribution in [0.25, 0.3) is 0 Å². The second kappa shape index (κ2) is 8.88. The lowest BCUT2D eigenvalue weighted by molar-refractivity contribution is -0.122. The van der Waals surface area contributed by atoms with E-state index in [0.717, 1.165) is 0 Å². The molecule has 27 heavy (non-hydrogen) atoms. The van der Waals surface area contributed by atoms with Gasteiger partial charge in [-0.25, -0.2) is 0 Å². The molecule has 0 bridgehead atoms. The van der Waals surface area contributed by atoms with E-state index in [9.17, 15) is 9.59 Å². The largest absolute Gasteiger partial charge is 0.491 e. The lowest BCUT2D eigenvalue weighted by Crippen LogP contribution is -2.28. The van der Waals surface area contributed by atoms with Gasteiger partial charge in [-0.05, 0) is 30.3 Å². The Morgan fingerprint density at radius 1 is 1.22 bits per heavy atom. The van der Waals surface area contributed by atoms with Crippen LogP contribution in [0.15, 0.2) is 48.5 Å². The number of hydrogen-bond acceptors (Lipinski definition) is 4. The maximum Gasteiger partial charge on any atom is 0.229 e. The van der Waals surface area contributed by atoms with Crippen LogP contribution in [-0.4, -0.2) is 38.7 Å². The summed E-state index contributed by atoms with van der Waals surface area (Å²) in [5.74, 6) is -0.0570. The van der Waals surface area contributed by atoms with Gasteiger partial charge in [0.1, 0.15) is 12.4 Å². The highest BCUT2D eigenvalue weighted by atomic mass is 35.5. The summed E-state index contributed by atoms with van der Waals surface area (Å²) in [5.41, 5.74) is 1.33. The number of hydrogen-bond donors (Lipinski definition) is 1. The first-order chi connectivity index (χ1) is 13.1. The number of carbonyl (C=O) groups is 2. The van der Waals surface area contributed by atoms with Crippen molar-refractivity contribution in [1.82, 2.24) is 0 Å². The zero-order valence-corrected chi connectivity index (χ0v) is 15.7. The van der Waals surface area contributed by atoms with E-state index in [1.807, 2.05) is 12.1 Å². The Morgan fingerprint density at radius 2 is 2.04 bits per heavy atom. The first-order valence-electron chi connectivity index (χ1n) is 8.65. The highest BCUT2D eigenvalue weighted by molar-refractivity contribution is 6.31. The Morgan fingerprint density at radius 3 is 2.81 bits per heavy atom. The fraction of sp³-hybridized carbons (Fsp3) is 0.300. The summed E-state index contributed by atoms with van der Waals surface area (Å²) in [7, 11) is 1.61. The molecule has 1 fully saturated rings. The number of nitrogens with zero attached hydrogens (tertiary/aromatic N) is 1. The maximum absolute atomic E-state index is 12.6. The number of anilines is 2. The van der Waals surface area contributed by atoms with E-state index >= 15 is 0 Å². The molecule has 1 atom stereocenters. The number of methoxy groups -OCH3 is 1. The van der Waals surface area contributed by atoms with Crippen LogP contribution in [0.5, 0.6) is 5.75 Å². The van der Waals surface area contributed by atoms with Gasteiger partial charge in [-0.3, -0.25) is 9.59 Å². The highest BCUT2D eigenvalue weighted by Gasteiger charge is 2.35. The molecular weight excluding hydrogens is 368 g/mol. The van der Waals surface area contributed by atoms with Crippen molar-refractivity contribution in [3.63, 3.8) is 0 Å². The van der Waals surface area contributed by atoms with Crippen LogP contribution < -0.4 is 15.0 Å². The number of halogens is 1. The van der Waals surface area contributed by atoms with Gasteiger partial charge >= 0.3 is 0 Å². The number of carbonyl (C=O) groups excluding carboxylic acids is 2. The van der Waals surface area contributed by atoms with Crippen LogP contribution in [0.1, 0.15) is 6.42 Å². The van der Waals surface area contributed by atoms with Gasteiger partial charge in [0.2, 0.25) is 11.8 Å². The average Bonchev–Trinajstić information content (AvgIpc) is 3.04. The predicted molar refractivity (Wildman–Crippen MR) is 104 cm³/mol. The molecule has 1 aliphatic rings. The van der Waals surface area contributed by atoms with E-state index in [2.05, 4.69) is 5.32 Å². The Labute approximate surface area is 163 Å². The number of rotatable bonds is 7. The molecule has 1 aliphatic heterocycles. The molecule has 0 spiro atoms. The summed E-state index contributed by atoms with van der Waals surface area (Å²) in [6, 6.07) is 14.2. The SMILES string of the molecule is COCCOc1cccc(NC(=O)C2CC(=O)N(c3cccc(Cl)c3)C2)c1. The van der Waals surface area contributed by atoms with Crippen LogP contribution >= 0.6 is 11.6 Å². The first-order valence-corrected chi connectivity index (χ1v) is 9.03. The topological polar surface area (TPSA) is 67.9 Å². The number of nitrogens with one attached hydrogen (secondary N) is 1. The van der Waals surface area contributed by atoms with Gasteiger partial charge in [-0.2, -0.15) is 0 Å². The Kier molecular flexibility index (Phi) is 6.32.